The third-order valence-corrected chi connectivity index (χ3v) is 8.52. The Labute approximate surface area is 156 Å². The van der Waals surface area contributed by atoms with E-state index in [9.17, 15) is 14.7 Å². The molecule has 4 rings (SSSR count). The zero-order valence-electron chi connectivity index (χ0n) is 16.3. The number of rotatable bonds is 2. The highest BCUT2D eigenvalue weighted by molar-refractivity contribution is 5.91. The smallest absolute Gasteiger partial charge is 0.302 e. The molecule has 7 atom stereocenters. The van der Waals surface area contributed by atoms with Crippen molar-refractivity contribution in [3.05, 3.63) is 11.6 Å². The number of carbonyl (C=O) groups is 2. The molecule has 26 heavy (non-hydrogen) atoms. The van der Waals surface area contributed by atoms with E-state index in [1.807, 2.05) is 6.08 Å². The van der Waals surface area contributed by atoms with Gasteiger partial charge in [0.15, 0.2) is 5.78 Å². The SMILES string of the molecule is CC(=O)OC[C@]12CCC(=O)C=C1CC(C)C1C2CC[C@@]2(C)C1CC[C@@H]2O. The summed E-state index contributed by atoms with van der Waals surface area (Å²) in [5, 5.41) is 10.6. The van der Waals surface area contributed by atoms with Crippen LogP contribution in [-0.2, 0) is 14.3 Å². The summed E-state index contributed by atoms with van der Waals surface area (Å²) in [6.07, 6.45) is 8.10. The Hall–Kier alpha value is -1.16. The highest BCUT2D eigenvalue weighted by atomic mass is 16.5. The summed E-state index contributed by atoms with van der Waals surface area (Å²) in [6.45, 7) is 6.50. The van der Waals surface area contributed by atoms with Crippen LogP contribution < -0.4 is 0 Å². The maximum absolute atomic E-state index is 12.1. The topological polar surface area (TPSA) is 63.6 Å². The van der Waals surface area contributed by atoms with Gasteiger partial charge >= 0.3 is 5.97 Å². The van der Waals surface area contributed by atoms with Crippen molar-refractivity contribution >= 4 is 11.8 Å². The van der Waals surface area contributed by atoms with Gasteiger partial charge in [0.1, 0.15) is 6.61 Å². The van der Waals surface area contributed by atoms with Gasteiger partial charge < -0.3 is 9.84 Å². The fourth-order valence-corrected chi connectivity index (χ4v) is 7.19. The molecule has 4 heteroatoms. The highest BCUT2D eigenvalue weighted by Gasteiger charge is 2.62. The lowest BCUT2D eigenvalue weighted by atomic mass is 9.45. The molecule has 0 aromatic heterocycles. The van der Waals surface area contributed by atoms with Crippen LogP contribution in [0.15, 0.2) is 11.6 Å². The number of esters is 1. The summed E-state index contributed by atoms with van der Waals surface area (Å²) in [6, 6.07) is 0. The molecule has 0 saturated heterocycles. The molecule has 4 nitrogen and oxygen atoms in total. The van der Waals surface area contributed by atoms with Gasteiger partial charge in [0.05, 0.1) is 6.10 Å². The molecule has 4 unspecified atom stereocenters. The van der Waals surface area contributed by atoms with Crippen molar-refractivity contribution in [2.75, 3.05) is 6.61 Å². The third kappa shape index (κ3) is 2.51. The Morgan fingerprint density at radius 1 is 1.27 bits per heavy atom. The number of ether oxygens (including phenoxy) is 1. The molecule has 0 aromatic rings. The summed E-state index contributed by atoms with van der Waals surface area (Å²) in [5.41, 5.74) is 1.10. The first kappa shape index (κ1) is 18.2. The van der Waals surface area contributed by atoms with Gasteiger partial charge in [0.25, 0.3) is 0 Å². The Morgan fingerprint density at radius 2 is 2.04 bits per heavy atom. The van der Waals surface area contributed by atoms with Crippen LogP contribution in [0.25, 0.3) is 0 Å². The summed E-state index contributed by atoms with van der Waals surface area (Å²) >= 11 is 0. The minimum atomic E-state index is -0.234. The maximum Gasteiger partial charge on any atom is 0.302 e. The van der Waals surface area contributed by atoms with Gasteiger partial charge in [0.2, 0.25) is 0 Å². The zero-order chi connectivity index (χ0) is 18.7. The van der Waals surface area contributed by atoms with Crippen LogP contribution in [0.3, 0.4) is 0 Å². The number of ketones is 1. The molecule has 3 fully saturated rings. The first-order valence-corrected chi connectivity index (χ1v) is 10.3. The summed E-state index contributed by atoms with van der Waals surface area (Å²) in [5.74, 6) is 2.04. The predicted molar refractivity (Wildman–Crippen MR) is 98.2 cm³/mol. The van der Waals surface area contributed by atoms with Gasteiger partial charge in [-0.15, -0.1) is 0 Å². The van der Waals surface area contributed by atoms with Crippen molar-refractivity contribution < 1.29 is 19.4 Å². The van der Waals surface area contributed by atoms with Crippen molar-refractivity contribution in [3.63, 3.8) is 0 Å². The third-order valence-electron chi connectivity index (χ3n) is 8.52. The highest BCUT2D eigenvalue weighted by Crippen LogP contribution is 2.66. The van der Waals surface area contributed by atoms with Crippen LogP contribution >= 0.6 is 0 Å². The van der Waals surface area contributed by atoms with E-state index in [0.29, 0.717) is 36.7 Å². The second-order valence-corrected chi connectivity index (χ2v) is 9.68. The molecular weight excluding hydrogens is 328 g/mol. The van der Waals surface area contributed by atoms with E-state index in [0.717, 1.165) is 38.5 Å². The van der Waals surface area contributed by atoms with Crippen molar-refractivity contribution in [3.8, 4) is 0 Å². The zero-order valence-corrected chi connectivity index (χ0v) is 16.3. The predicted octanol–water partition coefficient (Wildman–Crippen LogP) is 3.67. The standard InChI is InChI=1S/C22H32O4/c1-13-10-15-11-16(24)6-9-22(15,12-26-14(2)23)18-7-8-21(3)17(20(13)18)4-5-19(21)25/h11,13,17-20,25H,4-10,12H2,1-3H3/t13?,17?,18?,19-,20?,21-,22+/m0/s1. The molecule has 0 aromatic carbocycles. The number of aliphatic hydroxyl groups is 1. The number of aliphatic hydroxyl groups excluding tert-OH is 1. The van der Waals surface area contributed by atoms with E-state index in [1.54, 1.807) is 0 Å². The molecule has 1 N–H and O–H groups in total. The Balaban J connectivity index is 1.74. The lowest BCUT2D eigenvalue weighted by Gasteiger charge is -2.60. The first-order chi connectivity index (χ1) is 12.3. The lowest BCUT2D eigenvalue weighted by molar-refractivity contribution is -0.153. The summed E-state index contributed by atoms with van der Waals surface area (Å²) in [4.78, 5) is 23.7. The van der Waals surface area contributed by atoms with Crippen molar-refractivity contribution in [1.29, 1.82) is 0 Å². The van der Waals surface area contributed by atoms with Crippen LogP contribution in [0, 0.1) is 34.5 Å². The molecular formula is C22H32O4. The van der Waals surface area contributed by atoms with Gasteiger partial charge in [0, 0.05) is 18.8 Å². The van der Waals surface area contributed by atoms with E-state index in [1.165, 1.54) is 12.5 Å². The number of hydrogen-bond acceptors (Lipinski definition) is 4. The van der Waals surface area contributed by atoms with E-state index >= 15 is 0 Å². The minimum Gasteiger partial charge on any atom is -0.465 e. The lowest BCUT2D eigenvalue weighted by Crippen LogP contribution is -2.56. The molecule has 4 aliphatic carbocycles. The Morgan fingerprint density at radius 3 is 2.77 bits per heavy atom. The van der Waals surface area contributed by atoms with Crippen molar-refractivity contribution in [1.82, 2.24) is 0 Å². The van der Waals surface area contributed by atoms with Crippen LogP contribution in [0.1, 0.15) is 65.7 Å². The maximum atomic E-state index is 12.1. The number of fused-ring (bicyclic) bond motifs is 5. The quantitative estimate of drug-likeness (QED) is 0.763. The molecule has 0 heterocycles. The van der Waals surface area contributed by atoms with E-state index in [-0.39, 0.29) is 28.7 Å². The molecule has 0 radical (unpaired) electrons. The average Bonchev–Trinajstić information content (AvgIpc) is 2.89. The minimum absolute atomic E-state index is 0.0315. The van der Waals surface area contributed by atoms with Crippen LogP contribution in [0.2, 0.25) is 0 Å². The molecule has 0 aliphatic heterocycles. The number of carbonyl (C=O) groups excluding carboxylic acids is 2. The molecule has 144 valence electrons. The van der Waals surface area contributed by atoms with E-state index in [4.69, 9.17) is 4.74 Å². The van der Waals surface area contributed by atoms with Gasteiger partial charge in [-0.1, -0.05) is 19.4 Å². The molecule has 0 spiro atoms. The van der Waals surface area contributed by atoms with E-state index < -0.39 is 0 Å². The van der Waals surface area contributed by atoms with Crippen LogP contribution in [-0.4, -0.2) is 29.6 Å². The van der Waals surface area contributed by atoms with E-state index in [2.05, 4.69) is 13.8 Å². The molecule has 3 saturated carbocycles. The van der Waals surface area contributed by atoms with Gasteiger partial charge in [-0.25, -0.2) is 0 Å². The fraction of sp³-hybridized carbons (Fsp3) is 0.818. The molecule has 0 amide bonds. The summed E-state index contributed by atoms with van der Waals surface area (Å²) < 4.78 is 5.58. The molecule has 0 bridgehead atoms. The second-order valence-electron chi connectivity index (χ2n) is 9.68. The average molecular weight is 360 g/mol. The largest absolute Gasteiger partial charge is 0.465 e. The first-order valence-electron chi connectivity index (χ1n) is 10.3. The van der Waals surface area contributed by atoms with Crippen LogP contribution in [0.4, 0.5) is 0 Å². The van der Waals surface area contributed by atoms with Gasteiger partial charge in [-0.3, -0.25) is 9.59 Å². The Kier molecular flexibility index (Phi) is 4.33. The van der Waals surface area contributed by atoms with Crippen molar-refractivity contribution in [2.45, 2.75) is 71.8 Å². The monoisotopic (exact) mass is 360 g/mol. The van der Waals surface area contributed by atoms with Crippen LogP contribution in [0.5, 0.6) is 0 Å². The van der Waals surface area contributed by atoms with Gasteiger partial charge in [-0.2, -0.15) is 0 Å². The fourth-order valence-electron chi connectivity index (χ4n) is 7.19. The molecule has 4 aliphatic rings. The number of hydrogen-bond donors (Lipinski definition) is 1. The Bertz CT molecular complexity index is 653. The normalized spacial score (nSPS) is 47.5. The second kappa shape index (κ2) is 6.19. The van der Waals surface area contributed by atoms with Gasteiger partial charge in [-0.05, 0) is 73.7 Å². The van der Waals surface area contributed by atoms with Crippen molar-refractivity contribution in [2.24, 2.45) is 34.5 Å². The summed E-state index contributed by atoms with van der Waals surface area (Å²) in [7, 11) is 0.